The van der Waals surface area contributed by atoms with Crippen molar-refractivity contribution < 1.29 is 9.32 Å². The Kier molecular flexibility index (Phi) is 2.91. The summed E-state index contributed by atoms with van der Waals surface area (Å²) in [5.74, 6) is 3.98. The third-order valence-corrected chi connectivity index (χ3v) is 3.66. The number of thioether (sulfide) groups is 1. The van der Waals surface area contributed by atoms with Gasteiger partial charge in [-0.05, 0) is 23.8 Å². The number of ketones is 1. The summed E-state index contributed by atoms with van der Waals surface area (Å²) in [7, 11) is 0. The molecule has 0 spiro atoms. The molecule has 0 N–H and O–H groups in total. The van der Waals surface area contributed by atoms with E-state index in [2.05, 4.69) is 5.16 Å². The molecule has 3 nitrogen and oxygen atoms in total. The second-order valence-corrected chi connectivity index (χ2v) is 4.82. The van der Waals surface area contributed by atoms with Crippen LogP contribution in [0.2, 0.25) is 0 Å². The molecule has 0 saturated carbocycles. The van der Waals surface area contributed by atoms with Crippen molar-refractivity contribution in [2.45, 2.75) is 19.8 Å². The minimum Gasteiger partial charge on any atom is -0.361 e. The molecular weight excluding hydrogens is 198 g/mol. The van der Waals surface area contributed by atoms with Gasteiger partial charge in [0.05, 0.1) is 0 Å². The molecule has 1 aromatic heterocycles. The molecule has 2 heterocycles. The van der Waals surface area contributed by atoms with E-state index in [0.717, 1.165) is 12.2 Å². The summed E-state index contributed by atoms with van der Waals surface area (Å²) < 4.78 is 5.11. The van der Waals surface area contributed by atoms with Gasteiger partial charge in [-0.3, -0.25) is 4.79 Å². The monoisotopic (exact) mass is 211 g/mol. The van der Waals surface area contributed by atoms with Crippen molar-refractivity contribution >= 4 is 17.5 Å². The number of Topliss-reactive ketones (excluding diaryl/α,β-unsaturated/α-hetero) is 1. The van der Waals surface area contributed by atoms with Crippen LogP contribution < -0.4 is 0 Å². The Morgan fingerprint density at radius 2 is 2.64 bits per heavy atom. The molecule has 0 aromatic carbocycles. The van der Waals surface area contributed by atoms with Crippen LogP contribution in [-0.2, 0) is 6.42 Å². The summed E-state index contributed by atoms with van der Waals surface area (Å²) in [6.45, 7) is 1.51. The van der Waals surface area contributed by atoms with Gasteiger partial charge in [0, 0.05) is 19.4 Å². The fraction of sp³-hybridized carbons (Fsp3) is 0.600. The van der Waals surface area contributed by atoms with Gasteiger partial charge in [0.15, 0.2) is 5.78 Å². The van der Waals surface area contributed by atoms with E-state index in [1.54, 1.807) is 6.07 Å². The first-order valence-corrected chi connectivity index (χ1v) is 5.95. The first-order valence-electron chi connectivity index (χ1n) is 4.80. The molecule has 1 atom stereocenters. The maximum absolute atomic E-state index is 11.0. The number of carbonyl (C=O) groups excluding carboxylic acids is 1. The summed E-state index contributed by atoms with van der Waals surface area (Å²) >= 11 is 1.99. The Bertz CT molecular complexity index is 329. The van der Waals surface area contributed by atoms with E-state index in [9.17, 15) is 4.79 Å². The highest BCUT2D eigenvalue weighted by atomic mass is 32.2. The average Bonchev–Trinajstić information content (AvgIpc) is 2.75. The molecular formula is C10H13NO2S. The normalized spacial score (nSPS) is 21.4. The molecule has 1 aliphatic heterocycles. The zero-order valence-electron chi connectivity index (χ0n) is 8.16. The van der Waals surface area contributed by atoms with Gasteiger partial charge in [-0.1, -0.05) is 5.16 Å². The van der Waals surface area contributed by atoms with E-state index in [1.165, 1.54) is 24.9 Å². The number of rotatable bonds is 3. The highest BCUT2D eigenvalue weighted by molar-refractivity contribution is 7.99. The summed E-state index contributed by atoms with van der Waals surface area (Å²) in [5, 5.41) is 3.73. The van der Waals surface area contributed by atoms with Crippen LogP contribution in [0.4, 0.5) is 0 Å². The van der Waals surface area contributed by atoms with Gasteiger partial charge in [0.2, 0.25) is 0 Å². The Balaban J connectivity index is 1.98. The smallest absolute Gasteiger partial charge is 0.181 e. The molecule has 0 amide bonds. The van der Waals surface area contributed by atoms with Crippen LogP contribution >= 0.6 is 11.8 Å². The van der Waals surface area contributed by atoms with Gasteiger partial charge in [0.1, 0.15) is 11.5 Å². The predicted molar refractivity (Wildman–Crippen MR) is 55.6 cm³/mol. The lowest BCUT2D eigenvalue weighted by Crippen LogP contribution is -2.01. The van der Waals surface area contributed by atoms with Gasteiger partial charge in [-0.15, -0.1) is 0 Å². The zero-order valence-corrected chi connectivity index (χ0v) is 8.97. The molecule has 1 unspecified atom stereocenters. The third-order valence-electron chi connectivity index (χ3n) is 2.43. The zero-order chi connectivity index (χ0) is 9.97. The van der Waals surface area contributed by atoms with Crippen LogP contribution in [0.3, 0.4) is 0 Å². The molecule has 1 aromatic rings. The van der Waals surface area contributed by atoms with Crippen LogP contribution in [0.25, 0.3) is 0 Å². The van der Waals surface area contributed by atoms with Crippen LogP contribution in [0.1, 0.15) is 29.6 Å². The molecule has 1 aliphatic rings. The Morgan fingerprint density at radius 1 is 1.79 bits per heavy atom. The van der Waals surface area contributed by atoms with Crippen molar-refractivity contribution in [3.8, 4) is 0 Å². The average molecular weight is 211 g/mol. The van der Waals surface area contributed by atoms with Crippen molar-refractivity contribution in [1.82, 2.24) is 5.16 Å². The van der Waals surface area contributed by atoms with Gasteiger partial charge in [-0.25, -0.2) is 0 Å². The maximum Gasteiger partial charge on any atom is 0.181 e. The summed E-state index contributed by atoms with van der Waals surface area (Å²) in [6.07, 6.45) is 2.17. The Hall–Kier alpha value is -0.770. The molecule has 0 bridgehead atoms. The SMILES string of the molecule is CC(=O)c1cc(CC2CCSC2)on1. The minimum absolute atomic E-state index is 0.0270. The van der Waals surface area contributed by atoms with Crippen molar-refractivity contribution in [3.63, 3.8) is 0 Å². The number of carbonyl (C=O) groups is 1. The molecule has 76 valence electrons. The summed E-state index contributed by atoms with van der Waals surface area (Å²) in [4.78, 5) is 11.0. The molecule has 0 aliphatic carbocycles. The van der Waals surface area contributed by atoms with Crippen LogP contribution in [-0.4, -0.2) is 22.4 Å². The summed E-state index contributed by atoms with van der Waals surface area (Å²) in [6, 6.07) is 1.77. The van der Waals surface area contributed by atoms with E-state index in [4.69, 9.17) is 4.52 Å². The van der Waals surface area contributed by atoms with Gasteiger partial charge in [-0.2, -0.15) is 11.8 Å². The van der Waals surface area contributed by atoms with Crippen molar-refractivity contribution in [2.75, 3.05) is 11.5 Å². The number of aromatic nitrogens is 1. The summed E-state index contributed by atoms with van der Waals surface area (Å²) in [5.41, 5.74) is 0.450. The van der Waals surface area contributed by atoms with E-state index >= 15 is 0 Å². The maximum atomic E-state index is 11.0. The van der Waals surface area contributed by atoms with Gasteiger partial charge in [0.25, 0.3) is 0 Å². The second kappa shape index (κ2) is 4.17. The Labute approximate surface area is 87.2 Å². The molecule has 14 heavy (non-hydrogen) atoms. The lowest BCUT2D eigenvalue weighted by atomic mass is 10.0. The molecule has 2 rings (SSSR count). The standard InChI is InChI=1S/C10H13NO2S/c1-7(12)10-5-9(13-11-10)4-8-2-3-14-6-8/h5,8H,2-4,6H2,1H3. The second-order valence-electron chi connectivity index (χ2n) is 3.67. The van der Waals surface area contributed by atoms with Gasteiger partial charge < -0.3 is 4.52 Å². The fourth-order valence-corrected chi connectivity index (χ4v) is 2.89. The molecule has 1 fully saturated rings. The van der Waals surface area contributed by atoms with Crippen LogP contribution in [0.5, 0.6) is 0 Å². The Morgan fingerprint density at radius 3 is 3.21 bits per heavy atom. The van der Waals surface area contributed by atoms with Crippen molar-refractivity contribution in [3.05, 3.63) is 17.5 Å². The van der Waals surface area contributed by atoms with E-state index in [-0.39, 0.29) is 5.78 Å². The third kappa shape index (κ3) is 2.18. The van der Waals surface area contributed by atoms with Gasteiger partial charge >= 0.3 is 0 Å². The van der Waals surface area contributed by atoms with E-state index in [0.29, 0.717) is 11.6 Å². The quantitative estimate of drug-likeness (QED) is 0.719. The van der Waals surface area contributed by atoms with E-state index in [1.807, 2.05) is 11.8 Å². The van der Waals surface area contributed by atoms with Crippen molar-refractivity contribution in [1.29, 1.82) is 0 Å². The molecule has 0 radical (unpaired) electrons. The van der Waals surface area contributed by atoms with E-state index < -0.39 is 0 Å². The molecule has 4 heteroatoms. The highest BCUT2D eigenvalue weighted by Crippen LogP contribution is 2.26. The number of hydrogen-bond acceptors (Lipinski definition) is 4. The van der Waals surface area contributed by atoms with Crippen LogP contribution in [0.15, 0.2) is 10.6 Å². The number of nitrogens with zero attached hydrogens (tertiary/aromatic N) is 1. The van der Waals surface area contributed by atoms with Crippen molar-refractivity contribution in [2.24, 2.45) is 5.92 Å². The first-order chi connectivity index (χ1) is 6.75. The predicted octanol–water partition coefficient (Wildman–Crippen LogP) is 2.17. The lowest BCUT2D eigenvalue weighted by molar-refractivity contribution is 0.100. The molecule has 1 saturated heterocycles. The largest absolute Gasteiger partial charge is 0.361 e. The topological polar surface area (TPSA) is 43.1 Å². The highest BCUT2D eigenvalue weighted by Gasteiger charge is 2.18. The number of hydrogen-bond donors (Lipinski definition) is 0. The first kappa shape index (κ1) is 9.77. The minimum atomic E-state index is -0.0270. The lowest BCUT2D eigenvalue weighted by Gasteiger charge is -2.02. The van der Waals surface area contributed by atoms with Crippen LogP contribution in [0, 0.1) is 5.92 Å². The fourth-order valence-electron chi connectivity index (χ4n) is 1.60.